The number of rotatable bonds is 7. The van der Waals surface area contributed by atoms with Crippen molar-refractivity contribution in [1.29, 1.82) is 0 Å². The normalized spacial score (nSPS) is 11.2. The van der Waals surface area contributed by atoms with E-state index >= 15 is 0 Å². The van der Waals surface area contributed by atoms with E-state index in [-0.39, 0.29) is 0 Å². The molecule has 4 heteroatoms. The van der Waals surface area contributed by atoms with Crippen molar-refractivity contribution >= 4 is 41.6 Å². The highest BCUT2D eigenvalue weighted by Gasteiger charge is 2.34. The van der Waals surface area contributed by atoms with E-state index in [1.807, 2.05) is 91.0 Å². The van der Waals surface area contributed by atoms with E-state index in [9.17, 15) is 4.79 Å². The standard InChI is InChI=1S/C20H16OS3/c21-16-20(22-17-10-4-1-5-11-17,23-18-12-6-2-7-13-18)24-19-14-8-3-9-15-19/h1-16H. The molecule has 0 saturated carbocycles. The zero-order valence-electron chi connectivity index (χ0n) is 12.9. The van der Waals surface area contributed by atoms with E-state index in [0.29, 0.717) is 0 Å². The summed E-state index contributed by atoms with van der Waals surface area (Å²) >= 11 is 4.75. The number of hydrogen-bond donors (Lipinski definition) is 0. The van der Waals surface area contributed by atoms with Crippen molar-refractivity contribution in [2.45, 2.75) is 18.1 Å². The minimum atomic E-state index is -0.677. The van der Waals surface area contributed by atoms with Crippen LogP contribution in [-0.2, 0) is 4.79 Å². The molecule has 0 atom stereocenters. The summed E-state index contributed by atoms with van der Waals surface area (Å²) in [6.07, 6.45) is 1.06. The van der Waals surface area contributed by atoms with Crippen molar-refractivity contribution in [3.63, 3.8) is 0 Å². The van der Waals surface area contributed by atoms with Gasteiger partial charge in [0, 0.05) is 14.7 Å². The van der Waals surface area contributed by atoms with Crippen molar-refractivity contribution in [1.82, 2.24) is 0 Å². The lowest BCUT2D eigenvalue weighted by molar-refractivity contribution is -0.106. The molecule has 0 aliphatic rings. The van der Waals surface area contributed by atoms with E-state index < -0.39 is 3.41 Å². The van der Waals surface area contributed by atoms with Gasteiger partial charge in [0.1, 0.15) is 0 Å². The Hall–Kier alpha value is -1.62. The molecule has 0 radical (unpaired) electrons. The smallest absolute Gasteiger partial charge is 0.176 e. The second-order valence-corrected chi connectivity index (χ2v) is 9.70. The minimum absolute atomic E-state index is 0.677. The molecule has 0 aliphatic carbocycles. The van der Waals surface area contributed by atoms with Crippen LogP contribution in [0.15, 0.2) is 106 Å². The summed E-state index contributed by atoms with van der Waals surface area (Å²) in [5.41, 5.74) is 0. The van der Waals surface area contributed by atoms with Gasteiger partial charge in [0.05, 0.1) is 0 Å². The second-order valence-electron chi connectivity index (χ2n) is 4.97. The van der Waals surface area contributed by atoms with Crippen molar-refractivity contribution in [3.05, 3.63) is 91.0 Å². The van der Waals surface area contributed by atoms with Crippen LogP contribution in [0.25, 0.3) is 0 Å². The first-order valence-electron chi connectivity index (χ1n) is 7.48. The molecule has 0 bridgehead atoms. The molecule has 3 aromatic rings. The van der Waals surface area contributed by atoms with Crippen molar-refractivity contribution < 1.29 is 4.79 Å². The third-order valence-corrected chi connectivity index (χ3v) is 7.32. The fourth-order valence-corrected chi connectivity index (χ4v) is 6.33. The molecular weight excluding hydrogens is 352 g/mol. The number of carbonyl (C=O) groups excluding carboxylic acids is 1. The Morgan fingerprint density at radius 2 is 0.833 bits per heavy atom. The first-order valence-corrected chi connectivity index (χ1v) is 9.93. The Morgan fingerprint density at radius 1 is 0.542 bits per heavy atom. The van der Waals surface area contributed by atoms with Crippen LogP contribution in [-0.4, -0.2) is 9.70 Å². The summed E-state index contributed by atoms with van der Waals surface area (Å²) in [6, 6.07) is 30.2. The van der Waals surface area contributed by atoms with Crippen LogP contribution in [0.1, 0.15) is 0 Å². The van der Waals surface area contributed by atoms with Gasteiger partial charge in [0.25, 0.3) is 0 Å². The fraction of sp³-hybridized carbons (Fsp3) is 0.0500. The lowest BCUT2D eigenvalue weighted by Crippen LogP contribution is -2.17. The number of aldehydes is 1. The monoisotopic (exact) mass is 368 g/mol. The highest BCUT2D eigenvalue weighted by molar-refractivity contribution is 8.35. The molecule has 3 aromatic carbocycles. The Bertz CT molecular complexity index is 659. The maximum Gasteiger partial charge on any atom is 0.176 e. The highest BCUT2D eigenvalue weighted by atomic mass is 32.3. The molecule has 0 N–H and O–H groups in total. The number of thioether (sulfide) groups is 3. The van der Waals surface area contributed by atoms with Gasteiger partial charge in [-0.3, -0.25) is 4.79 Å². The van der Waals surface area contributed by atoms with Gasteiger partial charge in [-0.2, -0.15) is 0 Å². The molecule has 1 nitrogen and oxygen atoms in total. The summed E-state index contributed by atoms with van der Waals surface area (Å²) < 4.78 is -0.677. The summed E-state index contributed by atoms with van der Waals surface area (Å²) in [5, 5.41) is 0. The number of carbonyl (C=O) groups is 1. The molecule has 0 unspecified atom stereocenters. The van der Waals surface area contributed by atoms with Gasteiger partial charge in [0.2, 0.25) is 0 Å². The van der Waals surface area contributed by atoms with Gasteiger partial charge in [0.15, 0.2) is 9.70 Å². The molecule has 120 valence electrons. The molecule has 24 heavy (non-hydrogen) atoms. The summed E-state index contributed by atoms with van der Waals surface area (Å²) in [5.74, 6) is 0. The van der Waals surface area contributed by atoms with E-state index in [2.05, 4.69) is 0 Å². The molecule has 0 heterocycles. The van der Waals surface area contributed by atoms with Crippen molar-refractivity contribution in [3.8, 4) is 0 Å². The van der Waals surface area contributed by atoms with Gasteiger partial charge < -0.3 is 0 Å². The topological polar surface area (TPSA) is 17.1 Å². The highest BCUT2D eigenvalue weighted by Crippen LogP contribution is 2.53. The molecular formula is C20H16OS3. The van der Waals surface area contributed by atoms with Crippen molar-refractivity contribution in [2.24, 2.45) is 0 Å². The maximum absolute atomic E-state index is 12.2. The minimum Gasteiger partial charge on any atom is -0.300 e. The lowest BCUT2D eigenvalue weighted by Gasteiger charge is -2.26. The number of hydrogen-bond acceptors (Lipinski definition) is 4. The summed E-state index contributed by atoms with van der Waals surface area (Å²) in [7, 11) is 0. The molecule has 0 amide bonds. The number of benzene rings is 3. The molecule has 0 saturated heterocycles. The fourth-order valence-electron chi connectivity index (χ4n) is 2.09. The van der Waals surface area contributed by atoms with Crippen LogP contribution in [0, 0.1) is 0 Å². The van der Waals surface area contributed by atoms with Gasteiger partial charge in [-0.05, 0) is 36.4 Å². The predicted octanol–water partition coefficient (Wildman–Crippen LogP) is 6.22. The van der Waals surface area contributed by atoms with Crippen LogP contribution in [0.5, 0.6) is 0 Å². The van der Waals surface area contributed by atoms with Crippen LogP contribution in [0.4, 0.5) is 0 Å². The Kier molecular flexibility index (Phi) is 6.07. The average Bonchev–Trinajstić information content (AvgIpc) is 2.64. The Morgan fingerprint density at radius 3 is 1.08 bits per heavy atom. The first kappa shape index (κ1) is 17.2. The van der Waals surface area contributed by atoms with Crippen molar-refractivity contribution in [2.75, 3.05) is 0 Å². The van der Waals surface area contributed by atoms with E-state index in [1.165, 1.54) is 0 Å². The quantitative estimate of drug-likeness (QED) is 0.280. The maximum atomic E-state index is 12.2. The molecule has 0 fully saturated rings. The largest absolute Gasteiger partial charge is 0.300 e. The molecule has 0 spiro atoms. The van der Waals surface area contributed by atoms with Crippen LogP contribution in [0.2, 0.25) is 0 Å². The Balaban J connectivity index is 1.92. The molecule has 3 rings (SSSR count). The predicted molar refractivity (Wildman–Crippen MR) is 106 cm³/mol. The van der Waals surface area contributed by atoms with Gasteiger partial charge in [-0.15, -0.1) is 0 Å². The van der Waals surface area contributed by atoms with Crippen LogP contribution in [0.3, 0.4) is 0 Å². The molecule has 0 aliphatic heterocycles. The van der Waals surface area contributed by atoms with Gasteiger partial charge in [-0.25, -0.2) is 0 Å². The van der Waals surface area contributed by atoms with Gasteiger partial charge >= 0.3 is 0 Å². The lowest BCUT2D eigenvalue weighted by atomic mass is 10.4. The third kappa shape index (κ3) is 4.69. The average molecular weight is 369 g/mol. The summed E-state index contributed by atoms with van der Waals surface area (Å²) in [6.45, 7) is 0. The second kappa shape index (κ2) is 8.47. The zero-order valence-corrected chi connectivity index (χ0v) is 15.3. The third-order valence-electron chi connectivity index (χ3n) is 3.15. The molecule has 0 aromatic heterocycles. The SMILES string of the molecule is O=CC(Sc1ccccc1)(Sc1ccccc1)Sc1ccccc1. The zero-order chi connectivity index (χ0) is 16.7. The van der Waals surface area contributed by atoms with E-state index in [4.69, 9.17) is 0 Å². The Labute approximate surface area is 155 Å². The van der Waals surface area contributed by atoms with Crippen LogP contribution < -0.4 is 0 Å². The van der Waals surface area contributed by atoms with Crippen LogP contribution >= 0.6 is 35.3 Å². The first-order chi connectivity index (χ1) is 11.8. The van der Waals surface area contributed by atoms with E-state index in [1.54, 1.807) is 35.3 Å². The van der Waals surface area contributed by atoms with Gasteiger partial charge in [-0.1, -0.05) is 89.9 Å². The van der Waals surface area contributed by atoms with E-state index in [0.717, 1.165) is 21.0 Å². The summed E-state index contributed by atoms with van der Waals surface area (Å²) in [4.78, 5) is 15.4.